The molecule has 1 aliphatic carbocycles. The van der Waals surface area contributed by atoms with Crippen LogP contribution in [-0.2, 0) is 4.79 Å². The van der Waals surface area contributed by atoms with Gasteiger partial charge in [0, 0.05) is 7.26 Å². The monoisotopic (exact) mass is 233 g/mol. The van der Waals surface area contributed by atoms with E-state index in [9.17, 15) is 4.79 Å². The zero-order chi connectivity index (χ0) is 13.0. The summed E-state index contributed by atoms with van der Waals surface area (Å²) in [5.41, 5.74) is 1.30. The Morgan fingerprint density at radius 2 is 1.94 bits per heavy atom. The molecule has 2 rings (SSSR count). The van der Waals surface area contributed by atoms with E-state index in [0.29, 0.717) is 25.4 Å². The van der Waals surface area contributed by atoms with Crippen LogP contribution in [0.2, 0.25) is 0 Å². The summed E-state index contributed by atoms with van der Waals surface area (Å²) in [5, 5.41) is 0. The highest BCUT2D eigenvalue weighted by molar-refractivity contribution is 5.53. The molecule has 0 bridgehead atoms. The standard InChI is InChI=1S/C15H20O2/c1-2-17-15-9-7-14(8-10-15)13-5-3-12(11-16)4-6-13/h7-13H,2-6H2,1H3/i12D. The third-order valence-electron chi connectivity index (χ3n) is 3.46. The Bertz CT molecular complexity index is 391. The van der Waals surface area contributed by atoms with Crippen LogP contribution in [-0.4, -0.2) is 12.9 Å². The van der Waals surface area contributed by atoms with Crippen molar-refractivity contribution in [1.29, 1.82) is 0 Å². The first kappa shape index (κ1) is 10.8. The van der Waals surface area contributed by atoms with Gasteiger partial charge in [-0.3, -0.25) is 0 Å². The molecule has 2 nitrogen and oxygen atoms in total. The van der Waals surface area contributed by atoms with Gasteiger partial charge in [-0.2, -0.15) is 0 Å². The highest BCUT2D eigenvalue weighted by atomic mass is 16.5. The SMILES string of the molecule is [2H]C1(C=O)CCC(c2ccc(OCC)cc2)CC1. The van der Waals surface area contributed by atoms with E-state index in [1.165, 1.54) is 5.56 Å². The first-order valence-corrected chi connectivity index (χ1v) is 6.36. The number of ether oxygens (including phenoxy) is 1. The molecule has 1 aromatic carbocycles. The van der Waals surface area contributed by atoms with Crippen molar-refractivity contribution in [2.24, 2.45) is 5.89 Å². The topological polar surface area (TPSA) is 26.3 Å². The Hall–Kier alpha value is -1.31. The zero-order valence-electron chi connectivity index (χ0n) is 11.3. The molecule has 0 aliphatic heterocycles. The number of benzene rings is 1. The van der Waals surface area contributed by atoms with Gasteiger partial charge in [0.1, 0.15) is 12.0 Å². The minimum atomic E-state index is -0.832. The van der Waals surface area contributed by atoms with Gasteiger partial charge in [0.15, 0.2) is 0 Å². The summed E-state index contributed by atoms with van der Waals surface area (Å²) in [6.45, 7) is 2.66. The van der Waals surface area contributed by atoms with Crippen LogP contribution in [0.15, 0.2) is 24.3 Å². The molecule has 0 unspecified atom stereocenters. The summed E-state index contributed by atoms with van der Waals surface area (Å²) in [4.78, 5) is 10.8. The fourth-order valence-electron chi connectivity index (χ4n) is 2.44. The third-order valence-corrected chi connectivity index (χ3v) is 3.46. The fourth-order valence-corrected chi connectivity index (χ4v) is 2.44. The number of hydrogen-bond acceptors (Lipinski definition) is 2. The van der Waals surface area contributed by atoms with Crippen LogP contribution in [0, 0.1) is 5.89 Å². The van der Waals surface area contributed by atoms with Crippen LogP contribution in [0.4, 0.5) is 0 Å². The molecule has 17 heavy (non-hydrogen) atoms. The molecule has 0 spiro atoms. The van der Waals surface area contributed by atoms with Gasteiger partial charge in [0.2, 0.25) is 0 Å². The number of rotatable bonds is 4. The molecular formula is C15H20O2. The van der Waals surface area contributed by atoms with Crippen LogP contribution < -0.4 is 4.74 Å². The highest BCUT2D eigenvalue weighted by Crippen LogP contribution is 2.35. The smallest absolute Gasteiger partial charge is 0.123 e. The maximum atomic E-state index is 10.8. The van der Waals surface area contributed by atoms with Gasteiger partial charge < -0.3 is 9.53 Å². The molecule has 0 heterocycles. The predicted octanol–water partition coefficient (Wildman–Crippen LogP) is 3.56. The first-order valence-electron chi connectivity index (χ1n) is 6.86. The molecule has 0 N–H and O–H groups in total. The van der Waals surface area contributed by atoms with Crippen LogP contribution in [0.5, 0.6) is 5.75 Å². The Kier molecular flexibility index (Phi) is 3.72. The second-order valence-corrected chi connectivity index (χ2v) is 4.55. The van der Waals surface area contributed by atoms with Crippen molar-refractivity contribution < 1.29 is 10.9 Å². The molecule has 1 fully saturated rings. The molecule has 0 amide bonds. The van der Waals surface area contributed by atoms with E-state index in [1.807, 2.05) is 19.1 Å². The van der Waals surface area contributed by atoms with Gasteiger partial charge >= 0.3 is 0 Å². The largest absolute Gasteiger partial charge is 0.494 e. The van der Waals surface area contributed by atoms with Gasteiger partial charge in [0.05, 0.1) is 6.61 Å². The summed E-state index contributed by atoms with van der Waals surface area (Å²) in [7, 11) is 0. The van der Waals surface area contributed by atoms with Crippen molar-refractivity contribution in [1.82, 2.24) is 0 Å². The second kappa shape index (κ2) is 5.85. The third kappa shape index (κ3) is 3.09. The van der Waals surface area contributed by atoms with E-state index >= 15 is 0 Å². The molecular weight excluding hydrogens is 212 g/mol. The molecule has 1 aromatic rings. The number of aldehydes is 1. The molecule has 1 aliphatic rings. The maximum absolute atomic E-state index is 10.8. The molecule has 0 saturated heterocycles. The van der Waals surface area contributed by atoms with Crippen molar-refractivity contribution in [3.8, 4) is 5.75 Å². The van der Waals surface area contributed by atoms with E-state index in [-0.39, 0.29) is 0 Å². The van der Waals surface area contributed by atoms with Crippen LogP contribution in [0.3, 0.4) is 0 Å². The van der Waals surface area contributed by atoms with Crippen LogP contribution >= 0.6 is 0 Å². The van der Waals surface area contributed by atoms with Gasteiger partial charge in [0.25, 0.3) is 0 Å². The average molecular weight is 233 g/mol. The molecule has 0 atom stereocenters. The summed E-state index contributed by atoms with van der Waals surface area (Å²) < 4.78 is 13.3. The number of carbonyl (C=O) groups excluding carboxylic acids is 1. The predicted molar refractivity (Wildman–Crippen MR) is 68.4 cm³/mol. The van der Waals surface area contributed by atoms with Crippen LogP contribution in [0.1, 0.15) is 45.5 Å². The molecule has 2 heteroatoms. The lowest BCUT2D eigenvalue weighted by Crippen LogP contribution is -2.14. The molecule has 92 valence electrons. The first-order chi connectivity index (χ1) is 8.67. The van der Waals surface area contributed by atoms with Crippen molar-refractivity contribution >= 4 is 6.29 Å². The van der Waals surface area contributed by atoms with E-state index < -0.39 is 5.89 Å². The summed E-state index contributed by atoms with van der Waals surface area (Å²) in [5.74, 6) is 0.556. The van der Waals surface area contributed by atoms with Gasteiger partial charge in [-0.15, -0.1) is 0 Å². The summed E-state index contributed by atoms with van der Waals surface area (Å²) >= 11 is 0. The van der Waals surface area contributed by atoms with E-state index in [0.717, 1.165) is 24.9 Å². The summed E-state index contributed by atoms with van der Waals surface area (Å²) in [6.07, 6.45) is 4.01. The fraction of sp³-hybridized carbons (Fsp3) is 0.533. The molecule has 0 aromatic heterocycles. The van der Waals surface area contributed by atoms with Crippen molar-refractivity contribution in [3.63, 3.8) is 0 Å². The lowest BCUT2D eigenvalue weighted by molar-refractivity contribution is -0.111. The Morgan fingerprint density at radius 3 is 2.47 bits per heavy atom. The Balaban J connectivity index is 1.99. The normalized spacial score (nSPS) is 29.5. The number of hydrogen-bond donors (Lipinski definition) is 0. The lowest BCUT2D eigenvalue weighted by atomic mass is 9.79. The lowest BCUT2D eigenvalue weighted by Gasteiger charge is -2.25. The van der Waals surface area contributed by atoms with E-state index in [1.54, 1.807) is 0 Å². The minimum absolute atomic E-state index is 0.485. The average Bonchev–Trinajstić information content (AvgIpc) is 2.41. The number of carbonyl (C=O) groups is 1. The molecule has 0 radical (unpaired) electrons. The maximum Gasteiger partial charge on any atom is 0.123 e. The van der Waals surface area contributed by atoms with Gasteiger partial charge in [-0.1, -0.05) is 12.1 Å². The second-order valence-electron chi connectivity index (χ2n) is 4.55. The van der Waals surface area contributed by atoms with Crippen molar-refractivity contribution in [2.75, 3.05) is 6.61 Å². The quantitative estimate of drug-likeness (QED) is 0.743. The minimum Gasteiger partial charge on any atom is -0.494 e. The highest BCUT2D eigenvalue weighted by Gasteiger charge is 2.21. The van der Waals surface area contributed by atoms with Gasteiger partial charge in [-0.25, -0.2) is 0 Å². The summed E-state index contributed by atoms with van der Waals surface area (Å²) in [6, 6.07) is 8.21. The van der Waals surface area contributed by atoms with Crippen molar-refractivity contribution in [3.05, 3.63) is 29.8 Å². The Morgan fingerprint density at radius 1 is 1.29 bits per heavy atom. The molecule has 1 saturated carbocycles. The van der Waals surface area contributed by atoms with E-state index in [4.69, 9.17) is 6.11 Å². The van der Waals surface area contributed by atoms with Crippen molar-refractivity contribution in [2.45, 2.75) is 38.5 Å². The zero-order valence-corrected chi connectivity index (χ0v) is 10.3. The van der Waals surface area contributed by atoms with E-state index in [2.05, 4.69) is 12.1 Å². The Labute approximate surface area is 104 Å². The van der Waals surface area contributed by atoms with Gasteiger partial charge in [-0.05, 0) is 56.2 Å². The van der Waals surface area contributed by atoms with Crippen LogP contribution in [0.25, 0.3) is 0 Å².